The molecule has 0 heterocycles. The quantitative estimate of drug-likeness (QED) is 0.150. The van der Waals surface area contributed by atoms with Gasteiger partial charge >= 0.3 is 77.4 Å². The first kappa shape index (κ1) is 11.6. The average Bonchev–Trinajstić information content (AvgIpc) is 2.03. The van der Waals surface area contributed by atoms with Gasteiger partial charge in [-0.2, -0.15) is 0 Å². The third-order valence-corrected chi connectivity index (χ3v) is 4.16. The Hall–Kier alpha value is 0.570. The summed E-state index contributed by atoms with van der Waals surface area (Å²) in [4.78, 5) is 0. The Balaban J connectivity index is 3.28. The number of alkyl halides is 2. The zero-order valence-corrected chi connectivity index (χ0v) is 8.82. The third-order valence-electron chi connectivity index (χ3n) is 1.14. The molecule has 0 aromatic carbocycles. The first-order valence-electron chi connectivity index (χ1n) is 3.46. The molecular formula is C6H16IN2O2-. The van der Waals surface area contributed by atoms with E-state index in [2.05, 4.69) is 4.74 Å². The van der Waals surface area contributed by atoms with Gasteiger partial charge < -0.3 is 0 Å². The molecule has 0 radical (unpaired) electrons. The number of ether oxygens (including phenoxy) is 1. The van der Waals surface area contributed by atoms with Crippen LogP contribution in [0.4, 0.5) is 0 Å². The standard InChI is InChI=1S/C6H16IN2O2/c1-11-6(10)5(9)7-3-2-4-8/h5-6,10H,2-4,8-9H2,1H3/q-1. The van der Waals surface area contributed by atoms with E-state index in [1.165, 1.54) is 7.11 Å². The van der Waals surface area contributed by atoms with Crippen LogP contribution in [-0.2, 0) is 4.74 Å². The van der Waals surface area contributed by atoms with Gasteiger partial charge in [0.25, 0.3) is 0 Å². The van der Waals surface area contributed by atoms with E-state index in [9.17, 15) is 0 Å². The fourth-order valence-electron chi connectivity index (χ4n) is 0.487. The molecule has 70 valence electrons. The van der Waals surface area contributed by atoms with Crippen molar-refractivity contribution in [3.05, 3.63) is 0 Å². The summed E-state index contributed by atoms with van der Waals surface area (Å²) in [6, 6.07) is 0. The van der Waals surface area contributed by atoms with E-state index >= 15 is 0 Å². The van der Waals surface area contributed by atoms with E-state index in [1.807, 2.05) is 0 Å². The normalized spacial score (nSPS) is 16.7. The van der Waals surface area contributed by atoms with Crippen LogP contribution < -0.4 is 32.7 Å². The van der Waals surface area contributed by atoms with Crippen molar-refractivity contribution in [2.75, 3.05) is 18.1 Å². The summed E-state index contributed by atoms with van der Waals surface area (Å²) in [7, 11) is 1.46. The molecule has 2 unspecified atom stereocenters. The van der Waals surface area contributed by atoms with E-state index in [1.54, 1.807) is 0 Å². The topological polar surface area (TPSA) is 81.5 Å². The Bertz CT molecular complexity index is 94.7. The van der Waals surface area contributed by atoms with Gasteiger partial charge in [-0.25, -0.2) is 0 Å². The molecule has 0 saturated carbocycles. The molecule has 0 fully saturated rings. The van der Waals surface area contributed by atoms with Crippen LogP contribution in [0.3, 0.4) is 0 Å². The van der Waals surface area contributed by atoms with Gasteiger partial charge in [0.05, 0.1) is 0 Å². The summed E-state index contributed by atoms with van der Waals surface area (Å²) in [5, 5.41) is 9.07. The first-order chi connectivity index (χ1) is 5.22. The molecule has 0 aromatic heterocycles. The summed E-state index contributed by atoms with van der Waals surface area (Å²) in [6.45, 7) is 0.704. The number of nitrogens with two attached hydrogens (primary N) is 2. The maximum atomic E-state index is 9.07. The van der Waals surface area contributed by atoms with Crippen molar-refractivity contribution in [1.82, 2.24) is 0 Å². The number of aliphatic hydroxyl groups excluding tert-OH is 1. The van der Waals surface area contributed by atoms with Gasteiger partial charge in [-0.05, 0) is 0 Å². The number of methoxy groups -OCH3 is 1. The molecule has 5 heteroatoms. The predicted molar refractivity (Wildman–Crippen MR) is 39.5 cm³/mol. The predicted octanol–water partition coefficient (Wildman–Crippen LogP) is -4.33. The zero-order valence-electron chi connectivity index (χ0n) is 6.66. The molecule has 0 aromatic rings. The van der Waals surface area contributed by atoms with Crippen LogP contribution in [0.2, 0.25) is 0 Å². The van der Waals surface area contributed by atoms with Crippen LogP contribution in [0.25, 0.3) is 0 Å². The second kappa shape index (κ2) is 7.23. The molecule has 0 rings (SSSR count). The molecule has 0 spiro atoms. The zero-order chi connectivity index (χ0) is 8.69. The molecule has 0 aliphatic heterocycles. The van der Waals surface area contributed by atoms with Crippen LogP contribution in [-0.4, -0.2) is 33.5 Å². The molecule has 0 amide bonds. The number of hydrogen-bond acceptors (Lipinski definition) is 4. The minimum absolute atomic E-state index is 0.168. The molecule has 11 heavy (non-hydrogen) atoms. The molecule has 0 aliphatic rings. The van der Waals surface area contributed by atoms with Gasteiger partial charge in [-0.3, -0.25) is 0 Å². The monoisotopic (exact) mass is 275 g/mol. The van der Waals surface area contributed by atoms with Crippen LogP contribution in [0.5, 0.6) is 0 Å². The van der Waals surface area contributed by atoms with Crippen LogP contribution in [0.1, 0.15) is 6.42 Å². The Labute approximate surface area is 77.5 Å². The van der Waals surface area contributed by atoms with Crippen LogP contribution >= 0.6 is 0 Å². The Kier molecular flexibility index (Phi) is 7.61. The van der Waals surface area contributed by atoms with Crippen molar-refractivity contribution < 1.29 is 31.0 Å². The molecule has 2 atom stereocenters. The van der Waals surface area contributed by atoms with Crippen molar-refractivity contribution in [2.45, 2.75) is 16.8 Å². The SMILES string of the molecule is COC(O)C(N)[I-]CCCN. The summed E-state index contributed by atoms with van der Waals surface area (Å²) in [5.41, 5.74) is 10.9. The van der Waals surface area contributed by atoms with Crippen LogP contribution in [0, 0.1) is 0 Å². The molecule has 5 N–H and O–H groups in total. The summed E-state index contributed by atoms with van der Waals surface area (Å²) >= 11 is -0.168. The fraction of sp³-hybridized carbons (Fsp3) is 1.00. The first-order valence-corrected chi connectivity index (χ1v) is 6.23. The summed E-state index contributed by atoms with van der Waals surface area (Å²) in [6.07, 6.45) is 0.206. The number of rotatable bonds is 6. The van der Waals surface area contributed by atoms with Gasteiger partial charge in [0.2, 0.25) is 0 Å². The maximum absolute atomic E-state index is 9.07. The summed E-state index contributed by atoms with van der Waals surface area (Å²) < 4.78 is 5.55. The third kappa shape index (κ3) is 5.80. The van der Waals surface area contributed by atoms with Crippen molar-refractivity contribution in [1.29, 1.82) is 0 Å². The van der Waals surface area contributed by atoms with Gasteiger partial charge in [-0.15, -0.1) is 0 Å². The van der Waals surface area contributed by atoms with E-state index < -0.39 is 6.29 Å². The molecule has 0 bridgehead atoms. The van der Waals surface area contributed by atoms with E-state index in [0.29, 0.717) is 6.54 Å². The van der Waals surface area contributed by atoms with Gasteiger partial charge in [0, 0.05) is 0 Å². The van der Waals surface area contributed by atoms with Crippen molar-refractivity contribution in [3.8, 4) is 0 Å². The average molecular weight is 275 g/mol. The molecule has 0 aliphatic carbocycles. The van der Waals surface area contributed by atoms with E-state index in [0.717, 1.165) is 10.8 Å². The van der Waals surface area contributed by atoms with Gasteiger partial charge in [-0.1, -0.05) is 0 Å². The second-order valence-electron chi connectivity index (χ2n) is 2.06. The Morgan fingerprint density at radius 3 is 2.73 bits per heavy atom. The van der Waals surface area contributed by atoms with E-state index in [-0.39, 0.29) is 25.3 Å². The second-order valence-corrected chi connectivity index (χ2v) is 5.45. The van der Waals surface area contributed by atoms with Crippen molar-refractivity contribution in [2.24, 2.45) is 11.5 Å². The number of halogens is 1. The van der Waals surface area contributed by atoms with Gasteiger partial charge in [0.1, 0.15) is 0 Å². The minimum atomic E-state index is -0.791. The molecule has 4 nitrogen and oxygen atoms in total. The molecule has 0 saturated heterocycles. The molecular weight excluding hydrogens is 259 g/mol. The Morgan fingerprint density at radius 2 is 2.27 bits per heavy atom. The van der Waals surface area contributed by atoms with E-state index in [4.69, 9.17) is 16.6 Å². The van der Waals surface area contributed by atoms with Crippen molar-refractivity contribution in [3.63, 3.8) is 0 Å². The number of hydrogen-bond donors (Lipinski definition) is 3. The van der Waals surface area contributed by atoms with Gasteiger partial charge in [0.15, 0.2) is 0 Å². The number of aliphatic hydroxyl groups is 1. The Morgan fingerprint density at radius 1 is 1.64 bits per heavy atom. The van der Waals surface area contributed by atoms with Crippen LogP contribution in [0.15, 0.2) is 0 Å². The van der Waals surface area contributed by atoms with Crippen molar-refractivity contribution >= 4 is 0 Å². The fourth-order valence-corrected chi connectivity index (χ4v) is 2.82. The summed E-state index contributed by atoms with van der Waals surface area (Å²) in [5.74, 6) is 0.